The van der Waals surface area contributed by atoms with Gasteiger partial charge in [0.2, 0.25) is 5.91 Å². The SMILES string of the molecule is CCOc1ccc2nc(N(Cc3ccccc3)C(=O)CSC(C)=O)sc2c1. The van der Waals surface area contributed by atoms with Crippen molar-refractivity contribution in [3.8, 4) is 5.75 Å². The van der Waals surface area contributed by atoms with Crippen LogP contribution in [0.2, 0.25) is 0 Å². The molecule has 0 radical (unpaired) electrons. The van der Waals surface area contributed by atoms with E-state index >= 15 is 0 Å². The number of carbonyl (C=O) groups is 2. The quantitative estimate of drug-likeness (QED) is 0.584. The number of thioether (sulfide) groups is 1. The fourth-order valence-corrected chi connectivity index (χ4v) is 4.03. The van der Waals surface area contributed by atoms with E-state index in [1.807, 2.05) is 55.5 Å². The lowest BCUT2D eigenvalue weighted by atomic mass is 10.2. The lowest BCUT2D eigenvalue weighted by molar-refractivity contribution is -0.116. The molecule has 0 aliphatic carbocycles. The Balaban J connectivity index is 1.92. The molecule has 1 heterocycles. The third kappa shape index (κ3) is 5.08. The van der Waals surface area contributed by atoms with E-state index in [4.69, 9.17) is 4.74 Å². The summed E-state index contributed by atoms with van der Waals surface area (Å²) in [6.45, 7) is 4.41. The number of nitrogens with zero attached hydrogens (tertiary/aromatic N) is 2. The number of amides is 1. The maximum Gasteiger partial charge on any atom is 0.239 e. The first kappa shape index (κ1) is 19.4. The maximum atomic E-state index is 12.8. The third-order valence-electron chi connectivity index (χ3n) is 3.77. The van der Waals surface area contributed by atoms with Gasteiger partial charge in [-0.05, 0) is 30.7 Å². The van der Waals surface area contributed by atoms with E-state index < -0.39 is 0 Å². The number of rotatable bonds is 7. The van der Waals surface area contributed by atoms with Crippen LogP contribution in [-0.2, 0) is 16.1 Å². The number of aromatic nitrogens is 1. The van der Waals surface area contributed by atoms with Crippen molar-refractivity contribution in [3.05, 3.63) is 54.1 Å². The number of anilines is 1. The summed E-state index contributed by atoms with van der Waals surface area (Å²) in [7, 11) is 0. The molecule has 5 nitrogen and oxygen atoms in total. The summed E-state index contributed by atoms with van der Waals surface area (Å²) >= 11 is 2.46. The second kappa shape index (κ2) is 9.01. The highest BCUT2D eigenvalue weighted by Crippen LogP contribution is 2.32. The minimum absolute atomic E-state index is 0.0753. The summed E-state index contributed by atoms with van der Waals surface area (Å²) in [4.78, 5) is 30.3. The van der Waals surface area contributed by atoms with Crippen LogP contribution in [0.15, 0.2) is 48.5 Å². The first-order valence-electron chi connectivity index (χ1n) is 8.58. The topological polar surface area (TPSA) is 59.5 Å². The molecule has 0 spiro atoms. The van der Waals surface area contributed by atoms with E-state index in [0.717, 1.165) is 33.3 Å². The predicted octanol–water partition coefficient (Wildman–Crippen LogP) is 4.51. The van der Waals surface area contributed by atoms with Gasteiger partial charge in [0, 0.05) is 6.92 Å². The molecule has 3 rings (SSSR count). The van der Waals surface area contributed by atoms with Crippen molar-refractivity contribution in [1.82, 2.24) is 4.98 Å². The van der Waals surface area contributed by atoms with Gasteiger partial charge in [-0.1, -0.05) is 53.4 Å². The average Bonchev–Trinajstić information content (AvgIpc) is 3.08. The molecule has 0 saturated carbocycles. The van der Waals surface area contributed by atoms with Gasteiger partial charge in [0.15, 0.2) is 10.2 Å². The number of benzene rings is 2. The van der Waals surface area contributed by atoms with Gasteiger partial charge < -0.3 is 4.74 Å². The van der Waals surface area contributed by atoms with Crippen molar-refractivity contribution in [2.45, 2.75) is 20.4 Å². The fraction of sp³-hybridized carbons (Fsp3) is 0.250. The van der Waals surface area contributed by atoms with Crippen molar-refractivity contribution >= 4 is 49.5 Å². The van der Waals surface area contributed by atoms with Crippen LogP contribution >= 0.6 is 23.1 Å². The number of carbonyl (C=O) groups excluding carboxylic acids is 2. The molecule has 0 N–H and O–H groups in total. The summed E-state index contributed by atoms with van der Waals surface area (Å²) in [6, 6.07) is 15.5. The first-order valence-corrected chi connectivity index (χ1v) is 10.4. The lowest BCUT2D eigenvalue weighted by Crippen LogP contribution is -2.32. The minimum atomic E-state index is -0.136. The smallest absolute Gasteiger partial charge is 0.239 e. The Labute approximate surface area is 166 Å². The Bertz CT molecular complexity index is 941. The van der Waals surface area contributed by atoms with Crippen molar-refractivity contribution in [1.29, 1.82) is 0 Å². The van der Waals surface area contributed by atoms with E-state index in [9.17, 15) is 9.59 Å². The van der Waals surface area contributed by atoms with Gasteiger partial charge in [-0.3, -0.25) is 14.5 Å². The van der Waals surface area contributed by atoms with Crippen molar-refractivity contribution in [2.24, 2.45) is 0 Å². The van der Waals surface area contributed by atoms with Crippen LogP contribution in [-0.4, -0.2) is 28.4 Å². The molecule has 0 bridgehead atoms. The number of hydrogen-bond acceptors (Lipinski definition) is 6. The molecular formula is C20H20N2O3S2. The van der Waals surface area contributed by atoms with Gasteiger partial charge >= 0.3 is 0 Å². The Morgan fingerprint density at radius 2 is 1.96 bits per heavy atom. The molecular weight excluding hydrogens is 380 g/mol. The number of thiazole rings is 1. The van der Waals surface area contributed by atoms with Gasteiger partial charge in [0.1, 0.15) is 5.75 Å². The molecule has 0 atom stereocenters. The molecule has 1 amide bonds. The second-order valence-electron chi connectivity index (χ2n) is 5.80. The average molecular weight is 401 g/mol. The van der Waals surface area contributed by atoms with Crippen molar-refractivity contribution < 1.29 is 14.3 Å². The van der Waals surface area contributed by atoms with E-state index in [1.54, 1.807) is 4.90 Å². The second-order valence-corrected chi connectivity index (χ2v) is 7.97. The highest BCUT2D eigenvalue weighted by molar-refractivity contribution is 8.14. The zero-order chi connectivity index (χ0) is 19.2. The normalized spacial score (nSPS) is 10.7. The highest BCUT2D eigenvalue weighted by Gasteiger charge is 2.21. The Morgan fingerprint density at radius 3 is 2.67 bits per heavy atom. The molecule has 27 heavy (non-hydrogen) atoms. The highest BCUT2D eigenvalue weighted by atomic mass is 32.2. The standard InChI is InChI=1S/C20H20N2O3S2/c1-3-25-16-9-10-17-18(11-16)27-20(21-17)22(19(24)13-26-14(2)23)12-15-7-5-4-6-8-15/h4-11H,3,12-13H2,1-2H3. The van der Waals surface area contributed by atoms with Crippen LogP contribution in [0, 0.1) is 0 Å². The maximum absolute atomic E-state index is 12.8. The monoisotopic (exact) mass is 400 g/mol. The van der Waals surface area contributed by atoms with Gasteiger partial charge in [-0.15, -0.1) is 0 Å². The molecule has 0 aliphatic rings. The van der Waals surface area contributed by atoms with Gasteiger partial charge in [0.05, 0.1) is 29.1 Å². The zero-order valence-electron chi connectivity index (χ0n) is 15.2. The number of hydrogen-bond donors (Lipinski definition) is 0. The van der Waals surface area contributed by atoms with E-state index in [1.165, 1.54) is 18.3 Å². The van der Waals surface area contributed by atoms with Crippen LogP contribution in [0.5, 0.6) is 5.75 Å². The first-order chi connectivity index (χ1) is 13.1. The van der Waals surface area contributed by atoms with Crippen molar-refractivity contribution in [2.75, 3.05) is 17.3 Å². The Hall–Kier alpha value is -2.38. The Kier molecular flexibility index (Phi) is 6.47. The molecule has 3 aromatic rings. The largest absolute Gasteiger partial charge is 0.494 e. The van der Waals surface area contributed by atoms with Crippen LogP contribution in [0.4, 0.5) is 5.13 Å². The van der Waals surface area contributed by atoms with Crippen LogP contribution < -0.4 is 9.64 Å². The zero-order valence-corrected chi connectivity index (χ0v) is 16.8. The number of fused-ring (bicyclic) bond motifs is 1. The molecule has 0 aliphatic heterocycles. The summed E-state index contributed by atoms with van der Waals surface area (Å²) in [6.07, 6.45) is 0. The molecule has 0 unspecified atom stereocenters. The molecule has 140 valence electrons. The molecule has 2 aromatic carbocycles. The predicted molar refractivity (Wildman–Crippen MR) is 112 cm³/mol. The summed E-state index contributed by atoms with van der Waals surface area (Å²) in [5, 5.41) is 0.547. The third-order valence-corrected chi connectivity index (χ3v) is 5.61. The van der Waals surface area contributed by atoms with Crippen LogP contribution in [0.1, 0.15) is 19.4 Å². The molecule has 0 fully saturated rings. The van der Waals surface area contributed by atoms with Crippen LogP contribution in [0.25, 0.3) is 10.2 Å². The minimum Gasteiger partial charge on any atom is -0.494 e. The Morgan fingerprint density at radius 1 is 1.19 bits per heavy atom. The lowest BCUT2D eigenvalue weighted by Gasteiger charge is -2.19. The van der Waals surface area contributed by atoms with E-state index in [-0.39, 0.29) is 16.8 Å². The van der Waals surface area contributed by atoms with Gasteiger partial charge in [-0.25, -0.2) is 4.98 Å². The van der Waals surface area contributed by atoms with Crippen molar-refractivity contribution in [3.63, 3.8) is 0 Å². The summed E-state index contributed by atoms with van der Waals surface area (Å²) in [5.74, 6) is 0.749. The van der Waals surface area contributed by atoms with E-state index in [0.29, 0.717) is 18.3 Å². The summed E-state index contributed by atoms with van der Waals surface area (Å²) in [5.41, 5.74) is 1.83. The van der Waals surface area contributed by atoms with E-state index in [2.05, 4.69) is 4.98 Å². The number of ether oxygens (including phenoxy) is 1. The molecule has 0 saturated heterocycles. The summed E-state index contributed by atoms with van der Waals surface area (Å²) < 4.78 is 6.51. The van der Waals surface area contributed by atoms with Gasteiger partial charge in [-0.2, -0.15) is 0 Å². The molecule has 1 aromatic heterocycles. The van der Waals surface area contributed by atoms with Gasteiger partial charge in [0.25, 0.3) is 0 Å². The fourth-order valence-electron chi connectivity index (χ4n) is 2.53. The van der Waals surface area contributed by atoms with Crippen LogP contribution in [0.3, 0.4) is 0 Å². The molecule has 7 heteroatoms.